The number of benzene rings is 1. The van der Waals surface area contributed by atoms with E-state index in [1.165, 1.54) is 12.7 Å². The summed E-state index contributed by atoms with van der Waals surface area (Å²) in [5.74, 6) is -0.310. The first-order valence-corrected chi connectivity index (χ1v) is 7.17. The highest BCUT2D eigenvalue weighted by atomic mass is 79.9. The molecule has 1 saturated heterocycles. The van der Waals surface area contributed by atoms with Crippen LogP contribution in [-0.4, -0.2) is 44.3 Å². The molecule has 1 heterocycles. The van der Waals surface area contributed by atoms with Gasteiger partial charge in [-0.1, -0.05) is 22.0 Å². The molecule has 5 heteroatoms. The van der Waals surface area contributed by atoms with Gasteiger partial charge in [0.05, 0.1) is 19.3 Å². The maximum atomic E-state index is 11.4. The third-order valence-corrected chi connectivity index (χ3v) is 3.92. The number of esters is 1. The molecule has 1 aliphatic heterocycles. The fraction of sp³-hybridized carbons (Fsp3) is 0.500. The van der Waals surface area contributed by atoms with E-state index in [9.17, 15) is 4.79 Å². The standard InChI is InChI=1S/C14H18BrNO3/c1-18-14(17)11-3-4-12(13(15)9-11)10-16-5-2-7-19-8-6-16/h3-4,9H,2,5-8,10H2,1H3. The molecule has 0 aromatic heterocycles. The van der Waals surface area contributed by atoms with E-state index in [0.717, 1.165) is 43.7 Å². The third-order valence-electron chi connectivity index (χ3n) is 3.18. The Balaban J connectivity index is 2.05. The number of carbonyl (C=O) groups excluding carboxylic acids is 1. The van der Waals surface area contributed by atoms with Gasteiger partial charge in [-0.3, -0.25) is 4.90 Å². The van der Waals surface area contributed by atoms with Gasteiger partial charge in [0.25, 0.3) is 0 Å². The molecule has 1 aliphatic rings. The van der Waals surface area contributed by atoms with Crippen molar-refractivity contribution in [2.75, 3.05) is 33.4 Å². The lowest BCUT2D eigenvalue weighted by Crippen LogP contribution is -2.26. The summed E-state index contributed by atoms with van der Waals surface area (Å²) in [4.78, 5) is 13.8. The molecular weight excluding hydrogens is 310 g/mol. The van der Waals surface area contributed by atoms with Gasteiger partial charge in [0, 0.05) is 30.7 Å². The fourth-order valence-electron chi connectivity index (χ4n) is 2.12. The Kier molecular flexibility index (Phi) is 5.36. The molecule has 4 nitrogen and oxygen atoms in total. The van der Waals surface area contributed by atoms with E-state index in [1.54, 1.807) is 6.07 Å². The molecule has 0 bridgehead atoms. The summed E-state index contributed by atoms with van der Waals surface area (Å²) in [7, 11) is 1.39. The van der Waals surface area contributed by atoms with Gasteiger partial charge in [0.15, 0.2) is 0 Å². The van der Waals surface area contributed by atoms with Gasteiger partial charge in [-0.25, -0.2) is 4.79 Å². The predicted octanol–water partition coefficient (Wildman–Crippen LogP) is 2.46. The maximum absolute atomic E-state index is 11.4. The van der Waals surface area contributed by atoms with Crippen molar-refractivity contribution in [2.24, 2.45) is 0 Å². The molecule has 0 radical (unpaired) electrons. The molecule has 19 heavy (non-hydrogen) atoms. The molecular formula is C14H18BrNO3. The monoisotopic (exact) mass is 327 g/mol. The van der Waals surface area contributed by atoms with Crippen molar-refractivity contribution < 1.29 is 14.3 Å². The van der Waals surface area contributed by atoms with Crippen molar-refractivity contribution in [1.29, 1.82) is 0 Å². The quantitative estimate of drug-likeness (QED) is 0.799. The lowest BCUT2D eigenvalue weighted by Gasteiger charge is -2.20. The van der Waals surface area contributed by atoms with Crippen molar-refractivity contribution in [3.63, 3.8) is 0 Å². The minimum Gasteiger partial charge on any atom is -0.465 e. The highest BCUT2D eigenvalue weighted by Crippen LogP contribution is 2.21. The van der Waals surface area contributed by atoms with Crippen LogP contribution >= 0.6 is 15.9 Å². The van der Waals surface area contributed by atoms with Crippen molar-refractivity contribution in [1.82, 2.24) is 4.90 Å². The first kappa shape index (κ1) is 14.5. The molecule has 2 rings (SSSR count). The molecule has 0 saturated carbocycles. The lowest BCUT2D eigenvalue weighted by molar-refractivity contribution is 0.0600. The van der Waals surface area contributed by atoms with Gasteiger partial charge in [0.2, 0.25) is 0 Å². The average molecular weight is 328 g/mol. The number of nitrogens with zero attached hydrogens (tertiary/aromatic N) is 1. The number of halogens is 1. The summed E-state index contributed by atoms with van der Waals surface area (Å²) in [6.07, 6.45) is 1.07. The van der Waals surface area contributed by atoms with Gasteiger partial charge in [-0.05, 0) is 24.1 Å². The Morgan fingerprint density at radius 3 is 3.00 bits per heavy atom. The highest BCUT2D eigenvalue weighted by Gasteiger charge is 2.13. The van der Waals surface area contributed by atoms with E-state index in [0.29, 0.717) is 5.56 Å². The van der Waals surface area contributed by atoms with Crippen LogP contribution in [0.15, 0.2) is 22.7 Å². The number of rotatable bonds is 3. The molecule has 0 N–H and O–H groups in total. The number of hydrogen-bond acceptors (Lipinski definition) is 4. The van der Waals surface area contributed by atoms with E-state index in [-0.39, 0.29) is 5.97 Å². The zero-order chi connectivity index (χ0) is 13.7. The lowest BCUT2D eigenvalue weighted by atomic mass is 10.1. The van der Waals surface area contributed by atoms with Crippen LogP contribution in [0, 0.1) is 0 Å². The minimum atomic E-state index is -0.310. The molecule has 104 valence electrons. The van der Waals surface area contributed by atoms with Gasteiger partial charge in [-0.15, -0.1) is 0 Å². The molecule has 1 fully saturated rings. The molecule has 0 amide bonds. The van der Waals surface area contributed by atoms with Crippen LogP contribution < -0.4 is 0 Å². The molecule has 0 spiro atoms. The van der Waals surface area contributed by atoms with Crippen LogP contribution in [0.25, 0.3) is 0 Å². The molecule has 0 aliphatic carbocycles. The van der Waals surface area contributed by atoms with Gasteiger partial charge < -0.3 is 9.47 Å². The summed E-state index contributed by atoms with van der Waals surface area (Å²) in [6.45, 7) is 4.50. The van der Waals surface area contributed by atoms with Crippen LogP contribution in [0.4, 0.5) is 0 Å². The zero-order valence-electron chi connectivity index (χ0n) is 11.0. The summed E-state index contributed by atoms with van der Waals surface area (Å²) in [6, 6.07) is 5.60. The van der Waals surface area contributed by atoms with Gasteiger partial charge in [-0.2, -0.15) is 0 Å². The summed E-state index contributed by atoms with van der Waals surface area (Å²) in [5, 5.41) is 0. The van der Waals surface area contributed by atoms with E-state index < -0.39 is 0 Å². The number of ether oxygens (including phenoxy) is 2. The molecule has 1 aromatic rings. The van der Waals surface area contributed by atoms with Gasteiger partial charge in [0.1, 0.15) is 0 Å². The Morgan fingerprint density at radius 2 is 2.26 bits per heavy atom. The second kappa shape index (κ2) is 7.03. The number of carbonyl (C=O) groups is 1. The maximum Gasteiger partial charge on any atom is 0.337 e. The Labute approximate surface area is 121 Å². The second-order valence-corrected chi connectivity index (χ2v) is 5.39. The topological polar surface area (TPSA) is 38.8 Å². The predicted molar refractivity (Wildman–Crippen MR) is 76.2 cm³/mol. The van der Waals surface area contributed by atoms with Crippen LogP contribution in [0.5, 0.6) is 0 Å². The first-order valence-electron chi connectivity index (χ1n) is 6.37. The largest absolute Gasteiger partial charge is 0.465 e. The SMILES string of the molecule is COC(=O)c1ccc(CN2CCCOCC2)c(Br)c1. The van der Waals surface area contributed by atoms with Crippen molar-refractivity contribution >= 4 is 21.9 Å². The Bertz CT molecular complexity index is 442. The normalized spacial score (nSPS) is 16.9. The Hall–Kier alpha value is -0.910. The summed E-state index contributed by atoms with van der Waals surface area (Å²) >= 11 is 3.53. The Morgan fingerprint density at radius 1 is 1.42 bits per heavy atom. The van der Waals surface area contributed by atoms with Crippen LogP contribution in [0.1, 0.15) is 22.3 Å². The van der Waals surface area contributed by atoms with Crippen LogP contribution in [-0.2, 0) is 16.0 Å². The van der Waals surface area contributed by atoms with Crippen LogP contribution in [0.3, 0.4) is 0 Å². The smallest absolute Gasteiger partial charge is 0.337 e. The van der Waals surface area contributed by atoms with Gasteiger partial charge >= 0.3 is 5.97 Å². The van der Waals surface area contributed by atoms with Crippen LogP contribution in [0.2, 0.25) is 0 Å². The molecule has 0 atom stereocenters. The first-order chi connectivity index (χ1) is 9.20. The van der Waals surface area contributed by atoms with Crippen molar-refractivity contribution in [3.05, 3.63) is 33.8 Å². The fourth-order valence-corrected chi connectivity index (χ4v) is 2.62. The van der Waals surface area contributed by atoms with E-state index >= 15 is 0 Å². The highest BCUT2D eigenvalue weighted by molar-refractivity contribution is 9.10. The van der Waals surface area contributed by atoms with Crippen molar-refractivity contribution in [3.8, 4) is 0 Å². The molecule has 1 aromatic carbocycles. The minimum absolute atomic E-state index is 0.310. The number of hydrogen-bond donors (Lipinski definition) is 0. The summed E-state index contributed by atoms with van der Waals surface area (Å²) in [5.41, 5.74) is 1.74. The summed E-state index contributed by atoms with van der Waals surface area (Å²) < 4.78 is 11.1. The van der Waals surface area contributed by atoms with E-state index in [1.807, 2.05) is 12.1 Å². The number of methoxy groups -OCH3 is 1. The second-order valence-electron chi connectivity index (χ2n) is 4.54. The third kappa shape index (κ3) is 4.03. The average Bonchev–Trinajstić information content (AvgIpc) is 2.68. The van der Waals surface area contributed by atoms with E-state index in [4.69, 9.17) is 9.47 Å². The van der Waals surface area contributed by atoms with E-state index in [2.05, 4.69) is 20.8 Å². The zero-order valence-corrected chi connectivity index (χ0v) is 12.6. The molecule has 0 unspecified atom stereocenters. The van der Waals surface area contributed by atoms with Crippen molar-refractivity contribution in [2.45, 2.75) is 13.0 Å².